The van der Waals surface area contributed by atoms with Gasteiger partial charge in [-0.05, 0) is 43.4 Å². The fourth-order valence-electron chi connectivity index (χ4n) is 3.63. The summed E-state index contributed by atoms with van der Waals surface area (Å²) in [7, 11) is 0. The largest absolute Gasteiger partial charge is 0.388 e. The van der Waals surface area contributed by atoms with Gasteiger partial charge < -0.3 is 15.2 Å². The second kappa shape index (κ2) is 6.75. The number of carbonyl (C=O) groups is 1. The van der Waals surface area contributed by atoms with Crippen LogP contribution in [0.3, 0.4) is 0 Å². The summed E-state index contributed by atoms with van der Waals surface area (Å²) in [5, 5.41) is 13.1. The summed E-state index contributed by atoms with van der Waals surface area (Å²) < 4.78 is 18.8. The van der Waals surface area contributed by atoms with Crippen LogP contribution in [0.5, 0.6) is 0 Å². The molecular formula is C17H22FNO3. The van der Waals surface area contributed by atoms with Crippen LogP contribution in [0.1, 0.15) is 43.8 Å². The molecule has 3 rings (SSSR count). The molecule has 5 heteroatoms. The summed E-state index contributed by atoms with van der Waals surface area (Å²) in [5.74, 6) is -0.200. The molecule has 4 nitrogen and oxygen atoms in total. The van der Waals surface area contributed by atoms with Gasteiger partial charge in [0.25, 0.3) is 0 Å². The minimum atomic E-state index is -0.977. The van der Waals surface area contributed by atoms with E-state index in [-0.39, 0.29) is 24.5 Å². The van der Waals surface area contributed by atoms with Crippen molar-refractivity contribution in [3.63, 3.8) is 0 Å². The van der Waals surface area contributed by atoms with Crippen molar-refractivity contribution in [3.05, 3.63) is 35.6 Å². The summed E-state index contributed by atoms with van der Waals surface area (Å²) in [6, 6.07) is 5.88. The number of hydrogen-bond donors (Lipinski definition) is 2. The zero-order valence-corrected chi connectivity index (χ0v) is 12.5. The zero-order chi connectivity index (χ0) is 15.5. The van der Waals surface area contributed by atoms with Crippen LogP contribution >= 0.6 is 0 Å². The first-order chi connectivity index (χ1) is 10.6. The lowest BCUT2D eigenvalue weighted by Crippen LogP contribution is -2.46. The quantitative estimate of drug-likeness (QED) is 0.897. The van der Waals surface area contributed by atoms with Crippen molar-refractivity contribution in [1.29, 1.82) is 0 Å². The van der Waals surface area contributed by atoms with E-state index in [2.05, 4.69) is 5.32 Å². The molecule has 1 aliphatic carbocycles. The summed E-state index contributed by atoms with van der Waals surface area (Å²) in [5.41, 5.74) is 0.431. The Balaban J connectivity index is 1.55. The van der Waals surface area contributed by atoms with E-state index >= 15 is 0 Å². The second-order valence-electron chi connectivity index (χ2n) is 6.24. The number of nitrogens with one attached hydrogen (secondary N) is 1. The third-order valence-corrected chi connectivity index (χ3v) is 4.74. The maximum atomic E-state index is 13.2. The fourth-order valence-corrected chi connectivity index (χ4v) is 3.63. The molecule has 0 aromatic heterocycles. The maximum Gasteiger partial charge on any atom is 0.223 e. The number of aliphatic hydroxyl groups is 1. The molecule has 2 aliphatic rings. The lowest BCUT2D eigenvalue weighted by molar-refractivity contribution is -0.124. The standard InChI is InChI=1S/C17H22FNO3/c18-12-4-1-3-11(9-12)15(20)10-17(21)19-14-5-2-6-16-13(14)7-8-22-16/h1,3-4,9,13-16,20H,2,5-8,10H2,(H,19,21). The van der Waals surface area contributed by atoms with Crippen LogP contribution in [0, 0.1) is 11.7 Å². The minimum Gasteiger partial charge on any atom is -0.388 e. The zero-order valence-electron chi connectivity index (χ0n) is 12.5. The molecule has 0 radical (unpaired) electrons. The van der Waals surface area contributed by atoms with Crippen LogP contribution < -0.4 is 5.32 Å². The third-order valence-electron chi connectivity index (χ3n) is 4.74. The number of aliphatic hydroxyl groups excluding tert-OH is 1. The van der Waals surface area contributed by atoms with Gasteiger partial charge in [0.2, 0.25) is 5.91 Å². The molecule has 0 bridgehead atoms. The van der Waals surface area contributed by atoms with E-state index in [1.165, 1.54) is 18.2 Å². The second-order valence-corrected chi connectivity index (χ2v) is 6.24. The number of benzene rings is 1. The van der Waals surface area contributed by atoms with E-state index in [0.29, 0.717) is 11.5 Å². The molecule has 4 unspecified atom stereocenters. The maximum absolute atomic E-state index is 13.2. The fraction of sp³-hybridized carbons (Fsp3) is 0.588. The number of carbonyl (C=O) groups excluding carboxylic acids is 1. The number of ether oxygens (including phenoxy) is 1. The highest BCUT2D eigenvalue weighted by Crippen LogP contribution is 2.34. The van der Waals surface area contributed by atoms with Crippen molar-refractivity contribution in [3.8, 4) is 0 Å². The van der Waals surface area contributed by atoms with Gasteiger partial charge in [0.1, 0.15) is 5.82 Å². The number of fused-ring (bicyclic) bond motifs is 1. The first kappa shape index (κ1) is 15.4. The molecule has 0 spiro atoms. The van der Waals surface area contributed by atoms with Crippen molar-refractivity contribution in [1.82, 2.24) is 5.32 Å². The van der Waals surface area contributed by atoms with Crippen molar-refractivity contribution >= 4 is 5.91 Å². The molecule has 4 atom stereocenters. The first-order valence-corrected chi connectivity index (χ1v) is 7.98. The molecule has 1 amide bonds. The minimum absolute atomic E-state index is 0.0435. The smallest absolute Gasteiger partial charge is 0.223 e. The van der Waals surface area contributed by atoms with Gasteiger partial charge in [-0.15, -0.1) is 0 Å². The van der Waals surface area contributed by atoms with Gasteiger partial charge in [0.15, 0.2) is 0 Å². The lowest BCUT2D eigenvalue weighted by Gasteiger charge is -2.33. The predicted molar refractivity (Wildman–Crippen MR) is 79.6 cm³/mol. The lowest BCUT2D eigenvalue weighted by atomic mass is 9.81. The molecule has 22 heavy (non-hydrogen) atoms. The Morgan fingerprint density at radius 2 is 2.27 bits per heavy atom. The van der Waals surface area contributed by atoms with E-state index in [1.807, 2.05) is 0 Å². The molecule has 1 saturated heterocycles. The van der Waals surface area contributed by atoms with E-state index in [1.54, 1.807) is 6.07 Å². The van der Waals surface area contributed by atoms with E-state index in [4.69, 9.17) is 4.74 Å². The Morgan fingerprint density at radius 3 is 3.09 bits per heavy atom. The van der Waals surface area contributed by atoms with Gasteiger partial charge in [-0.2, -0.15) is 0 Å². The molecule has 1 aromatic carbocycles. The third kappa shape index (κ3) is 3.47. The molecule has 1 aromatic rings. The van der Waals surface area contributed by atoms with Gasteiger partial charge in [-0.1, -0.05) is 12.1 Å². The number of rotatable bonds is 4. The van der Waals surface area contributed by atoms with Gasteiger partial charge in [-0.25, -0.2) is 4.39 Å². The molecule has 2 N–H and O–H groups in total. The van der Waals surface area contributed by atoms with Crippen molar-refractivity contribution < 1.29 is 19.0 Å². The average Bonchev–Trinajstić information content (AvgIpc) is 2.96. The first-order valence-electron chi connectivity index (χ1n) is 7.98. The van der Waals surface area contributed by atoms with Gasteiger partial charge in [-0.3, -0.25) is 4.79 Å². The summed E-state index contributed by atoms with van der Waals surface area (Å²) in [4.78, 5) is 12.2. The Kier molecular flexibility index (Phi) is 4.74. The summed E-state index contributed by atoms with van der Waals surface area (Å²) in [6.07, 6.45) is 3.33. The summed E-state index contributed by atoms with van der Waals surface area (Å²) >= 11 is 0. The van der Waals surface area contributed by atoms with E-state index in [9.17, 15) is 14.3 Å². The molecule has 1 saturated carbocycles. The monoisotopic (exact) mass is 307 g/mol. The normalized spacial score (nSPS) is 28.9. The van der Waals surface area contributed by atoms with Crippen LogP contribution in [0.4, 0.5) is 4.39 Å². The van der Waals surface area contributed by atoms with Crippen molar-refractivity contribution in [2.24, 2.45) is 5.92 Å². The van der Waals surface area contributed by atoms with Crippen molar-refractivity contribution in [2.75, 3.05) is 6.61 Å². The molecule has 2 fully saturated rings. The van der Waals surface area contributed by atoms with Gasteiger partial charge in [0, 0.05) is 18.6 Å². The Bertz CT molecular complexity index is 536. The molecule has 120 valence electrons. The molecular weight excluding hydrogens is 285 g/mol. The SMILES string of the molecule is O=C(CC(O)c1cccc(F)c1)NC1CCCC2OCCC12. The predicted octanol–water partition coefficient (Wildman–Crippen LogP) is 2.32. The average molecular weight is 307 g/mol. The molecule has 1 heterocycles. The van der Waals surface area contributed by atoms with Gasteiger partial charge >= 0.3 is 0 Å². The summed E-state index contributed by atoms with van der Waals surface area (Å²) in [6.45, 7) is 0.771. The Morgan fingerprint density at radius 1 is 1.41 bits per heavy atom. The van der Waals surface area contributed by atoms with E-state index in [0.717, 1.165) is 32.3 Å². The number of hydrogen-bond acceptors (Lipinski definition) is 3. The van der Waals surface area contributed by atoms with E-state index < -0.39 is 11.9 Å². The van der Waals surface area contributed by atoms with Gasteiger partial charge in [0.05, 0.1) is 18.6 Å². The molecule has 1 aliphatic heterocycles. The Labute approximate surface area is 129 Å². The highest BCUT2D eigenvalue weighted by Gasteiger charge is 2.38. The number of halogens is 1. The van der Waals surface area contributed by atoms with Crippen LogP contribution in [0.25, 0.3) is 0 Å². The topological polar surface area (TPSA) is 58.6 Å². The Hall–Kier alpha value is -1.46. The van der Waals surface area contributed by atoms with Crippen LogP contribution in [-0.4, -0.2) is 29.8 Å². The van der Waals surface area contributed by atoms with Crippen molar-refractivity contribution in [2.45, 2.75) is 50.4 Å². The highest BCUT2D eigenvalue weighted by molar-refractivity contribution is 5.77. The highest BCUT2D eigenvalue weighted by atomic mass is 19.1. The van der Waals surface area contributed by atoms with Crippen LogP contribution in [0.2, 0.25) is 0 Å². The number of amides is 1. The van der Waals surface area contributed by atoms with Crippen LogP contribution in [0.15, 0.2) is 24.3 Å². The van der Waals surface area contributed by atoms with Crippen LogP contribution in [-0.2, 0) is 9.53 Å².